The third kappa shape index (κ3) is 4.24. The number of hydrogen-bond acceptors (Lipinski definition) is 3. The van der Waals surface area contributed by atoms with Gasteiger partial charge in [-0.25, -0.2) is 0 Å². The van der Waals surface area contributed by atoms with Crippen molar-refractivity contribution in [2.45, 2.75) is 52.0 Å². The molecule has 0 amide bonds. The Labute approximate surface area is 143 Å². The molecule has 1 aliphatic carbocycles. The maximum atomic E-state index is 4.73. The number of nitrogens with one attached hydrogen (secondary N) is 2. The van der Waals surface area contributed by atoms with Gasteiger partial charge in [0.2, 0.25) is 0 Å². The fourth-order valence-corrected chi connectivity index (χ4v) is 3.41. The van der Waals surface area contributed by atoms with Gasteiger partial charge in [-0.1, -0.05) is 25.8 Å². The summed E-state index contributed by atoms with van der Waals surface area (Å²) >= 11 is 0. The highest BCUT2D eigenvalue weighted by Gasteiger charge is 2.19. The van der Waals surface area contributed by atoms with Gasteiger partial charge in [0.25, 0.3) is 0 Å². The minimum Gasteiger partial charge on any atom is -0.357 e. The molecule has 1 saturated carbocycles. The molecule has 1 aliphatic rings. The van der Waals surface area contributed by atoms with E-state index in [0.717, 1.165) is 36.3 Å². The summed E-state index contributed by atoms with van der Waals surface area (Å²) in [5.74, 6) is 2.68. The second-order valence-corrected chi connectivity index (χ2v) is 6.67. The fourth-order valence-electron chi connectivity index (χ4n) is 3.41. The number of fused-ring (bicyclic) bond motifs is 1. The topological polar surface area (TPSA) is 66.6 Å². The first kappa shape index (κ1) is 16.7. The Morgan fingerprint density at radius 3 is 3.08 bits per heavy atom. The number of aromatic nitrogens is 3. The number of nitrogens with zero attached hydrogens (tertiary/aromatic N) is 4. The van der Waals surface area contributed by atoms with Crippen LogP contribution in [0.2, 0.25) is 0 Å². The molecule has 6 nitrogen and oxygen atoms in total. The second-order valence-electron chi connectivity index (χ2n) is 6.67. The van der Waals surface area contributed by atoms with Crippen LogP contribution >= 0.6 is 0 Å². The third-order valence-electron chi connectivity index (χ3n) is 4.61. The van der Waals surface area contributed by atoms with Crippen LogP contribution in [0, 0.1) is 5.92 Å². The molecule has 2 heterocycles. The summed E-state index contributed by atoms with van der Waals surface area (Å²) in [5, 5.41) is 15.4. The van der Waals surface area contributed by atoms with Gasteiger partial charge in [0.15, 0.2) is 11.6 Å². The van der Waals surface area contributed by atoms with E-state index in [1.165, 1.54) is 25.7 Å². The Hall–Kier alpha value is -2.11. The predicted molar refractivity (Wildman–Crippen MR) is 97.2 cm³/mol. The van der Waals surface area contributed by atoms with Crippen LogP contribution in [0.15, 0.2) is 29.4 Å². The molecule has 3 rings (SSSR count). The quantitative estimate of drug-likeness (QED) is 0.653. The predicted octanol–water partition coefficient (Wildman–Crippen LogP) is 2.41. The average molecular weight is 328 g/mol. The molecule has 0 spiro atoms. The molecule has 2 unspecified atom stereocenters. The van der Waals surface area contributed by atoms with E-state index in [2.05, 4.69) is 34.7 Å². The molecular weight excluding hydrogens is 300 g/mol. The summed E-state index contributed by atoms with van der Waals surface area (Å²) in [6.45, 7) is 6.02. The zero-order valence-electron chi connectivity index (χ0n) is 14.7. The van der Waals surface area contributed by atoms with Gasteiger partial charge in [0.05, 0.1) is 0 Å². The fraction of sp³-hybridized carbons (Fsp3) is 0.611. The van der Waals surface area contributed by atoms with E-state index < -0.39 is 0 Å². The Morgan fingerprint density at radius 2 is 2.25 bits per heavy atom. The number of rotatable bonds is 5. The van der Waals surface area contributed by atoms with Gasteiger partial charge in [-0.15, -0.1) is 10.2 Å². The van der Waals surface area contributed by atoms with Crippen LogP contribution in [0.1, 0.15) is 45.4 Å². The zero-order chi connectivity index (χ0) is 16.8. The largest absolute Gasteiger partial charge is 0.357 e. The lowest BCUT2D eigenvalue weighted by molar-refractivity contribution is 0.324. The van der Waals surface area contributed by atoms with Crippen molar-refractivity contribution in [2.75, 3.05) is 13.1 Å². The molecule has 1 fully saturated rings. The first-order valence-corrected chi connectivity index (χ1v) is 9.09. The molecule has 6 heteroatoms. The van der Waals surface area contributed by atoms with Crippen LogP contribution in [0.5, 0.6) is 0 Å². The third-order valence-corrected chi connectivity index (χ3v) is 4.61. The second kappa shape index (κ2) is 8.13. The molecule has 2 aromatic heterocycles. The Morgan fingerprint density at radius 1 is 1.33 bits per heavy atom. The van der Waals surface area contributed by atoms with Gasteiger partial charge in [0.1, 0.15) is 5.82 Å². The van der Waals surface area contributed by atoms with Gasteiger partial charge in [-0.2, -0.15) is 0 Å². The minimum atomic E-state index is 0.542. The summed E-state index contributed by atoms with van der Waals surface area (Å²) in [4.78, 5) is 4.73. The highest BCUT2D eigenvalue weighted by molar-refractivity contribution is 5.80. The first-order valence-electron chi connectivity index (χ1n) is 9.09. The van der Waals surface area contributed by atoms with E-state index >= 15 is 0 Å². The lowest BCUT2D eigenvalue weighted by atomic mass is 9.87. The monoisotopic (exact) mass is 328 g/mol. The summed E-state index contributed by atoms with van der Waals surface area (Å²) in [7, 11) is 0. The van der Waals surface area contributed by atoms with Crippen LogP contribution in [-0.2, 0) is 6.42 Å². The summed E-state index contributed by atoms with van der Waals surface area (Å²) in [5.41, 5.74) is 0.887. The van der Waals surface area contributed by atoms with Gasteiger partial charge in [-0.05, 0) is 37.8 Å². The maximum absolute atomic E-state index is 4.73. The van der Waals surface area contributed by atoms with Crippen molar-refractivity contribution in [3.8, 4) is 0 Å². The molecule has 0 aliphatic heterocycles. The number of hydrogen-bond donors (Lipinski definition) is 2. The van der Waals surface area contributed by atoms with Crippen molar-refractivity contribution in [3.63, 3.8) is 0 Å². The van der Waals surface area contributed by atoms with E-state index in [1.807, 2.05) is 28.8 Å². The van der Waals surface area contributed by atoms with Crippen molar-refractivity contribution in [1.82, 2.24) is 25.2 Å². The van der Waals surface area contributed by atoms with Gasteiger partial charge in [-0.3, -0.25) is 9.39 Å². The van der Waals surface area contributed by atoms with E-state index in [9.17, 15) is 0 Å². The van der Waals surface area contributed by atoms with Crippen LogP contribution in [0.3, 0.4) is 0 Å². The Balaban J connectivity index is 1.59. The zero-order valence-corrected chi connectivity index (χ0v) is 14.7. The summed E-state index contributed by atoms with van der Waals surface area (Å²) in [6.07, 6.45) is 7.92. The molecular formula is C18H28N6. The highest BCUT2D eigenvalue weighted by atomic mass is 15.2. The molecule has 0 radical (unpaired) electrons. The smallest absolute Gasteiger partial charge is 0.191 e. The minimum absolute atomic E-state index is 0.542. The van der Waals surface area contributed by atoms with Gasteiger partial charge >= 0.3 is 0 Å². The number of pyridine rings is 1. The molecule has 130 valence electrons. The van der Waals surface area contributed by atoms with Gasteiger partial charge in [0, 0.05) is 31.7 Å². The molecule has 24 heavy (non-hydrogen) atoms. The van der Waals surface area contributed by atoms with Crippen molar-refractivity contribution < 1.29 is 0 Å². The molecule has 2 atom stereocenters. The molecule has 0 aromatic carbocycles. The highest BCUT2D eigenvalue weighted by Crippen LogP contribution is 2.23. The Kier molecular flexibility index (Phi) is 5.67. The Bertz CT molecular complexity index is 677. The molecule has 2 aromatic rings. The maximum Gasteiger partial charge on any atom is 0.191 e. The lowest BCUT2D eigenvalue weighted by Gasteiger charge is -2.28. The van der Waals surface area contributed by atoms with Crippen LogP contribution in [0.25, 0.3) is 5.65 Å². The van der Waals surface area contributed by atoms with Crippen molar-refractivity contribution in [2.24, 2.45) is 10.9 Å². The van der Waals surface area contributed by atoms with Crippen molar-refractivity contribution in [3.05, 3.63) is 30.2 Å². The van der Waals surface area contributed by atoms with Gasteiger partial charge < -0.3 is 10.6 Å². The van der Waals surface area contributed by atoms with E-state index in [1.54, 1.807) is 0 Å². The molecule has 0 saturated heterocycles. The lowest BCUT2D eigenvalue weighted by Crippen LogP contribution is -2.45. The van der Waals surface area contributed by atoms with Crippen LogP contribution < -0.4 is 10.6 Å². The number of aliphatic imine (C=N–C) groups is 1. The van der Waals surface area contributed by atoms with Crippen LogP contribution in [0.4, 0.5) is 0 Å². The van der Waals surface area contributed by atoms with E-state index in [-0.39, 0.29) is 0 Å². The molecule has 0 bridgehead atoms. The average Bonchev–Trinajstić information content (AvgIpc) is 2.98. The SMILES string of the molecule is CCNC(=NCCc1nnc2ccccn12)NC1CCCC(C)C1. The van der Waals surface area contributed by atoms with E-state index in [4.69, 9.17) is 4.99 Å². The van der Waals surface area contributed by atoms with Crippen molar-refractivity contribution >= 4 is 11.6 Å². The first-order chi connectivity index (χ1) is 11.8. The summed E-state index contributed by atoms with van der Waals surface area (Å²) in [6, 6.07) is 6.49. The van der Waals surface area contributed by atoms with Crippen molar-refractivity contribution in [1.29, 1.82) is 0 Å². The normalized spacial score (nSPS) is 21.8. The van der Waals surface area contributed by atoms with Crippen LogP contribution in [-0.4, -0.2) is 39.7 Å². The van der Waals surface area contributed by atoms with E-state index in [0.29, 0.717) is 12.6 Å². The molecule has 2 N–H and O–H groups in total. The standard InChI is InChI=1S/C18H28N6/c1-3-19-18(21-15-8-6-7-14(2)13-15)20-11-10-17-23-22-16-9-4-5-12-24(16)17/h4-5,9,12,14-15H,3,6-8,10-11,13H2,1-2H3,(H2,19,20,21). The number of guanidine groups is 1. The summed E-state index contributed by atoms with van der Waals surface area (Å²) < 4.78 is 2.03.